The molecule has 1 N–H and O–H groups in total. The fourth-order valence-corrected chi connectivity index (χ4v) is 2.88. The van der Waals surface area contributed by atoms with Crippen LogP contribution in [0.5, 0.6) is 0 Å². The van der Waals surface area contributed by atoms with Gasteiger partial charge in [-0.05, 0) is 29.8 Å². The van der Waals surface area contributed by atoms with E-state index in [2.05, 4.69) is 5.32 Å². The van der Waals surface area contributed by atoms with E-state index in [9.17, 15) is 9.59 Å². The van der Waals surface area contributed by atoms with Crippen LogP contribution in [0.15, 0.2) is 42.5 Å². The van der Waals surface area contributed by atoms with Crippen LogP contribution in [0, 0.1) is 0 Å². The first-order chi connectivity index (χ1) is 11.1. The van der Waals surface area contributed by atoms with Gasteiger partial charge in [0, 0.05) is 24.3 Å². The van der Waals surface area contributed by atoms with Crippen LogP contribution in [-0.4, -0.2) is 24.9 Å². The van der Waals surface area contributed by atoms with Crippen LogP contribution in [0.2, 0.25) is 10.0 Å². The number of anilines is 1. The molecule has 0 aliphatic carbocycles. The molecule has 118 valence electrons. The number of rotatable bonds is 4. The van der Waals surface area contributed by atoms with Crippen LogP contribution < -0.4 is 10.2 Å². The third kappa shape index (κ3) is 3.33. The number of carbonyl (C=O) groups is 2. The minimum absolute atomic E-state index is 0.0509. The van der Waals surface area contributed by atoms with Crippen LogP contribution in [0.4, 0.5) is 5.69 Å². The molecule has 0 radical (unpaired) electrons. The van der Waals surface area contributed by atoms with Gasteiger partial charge in [0.2, 0.25) is 5.91 Å². The Morgan fingerprint density at radius 3 is 2.70 bits per heavy atom. The second-order valence-corrected chi connectivity index (χ2v) is 6.05. The maximum absolute atomic E-state index is 12.1. The van der Waals surface area contributed by atoms with Crippen molar-refractivity contribution in [1.29, 1.82) is 0 Å². The Kier molecular flexibility index (Phi) is 4.55. The van der Waals surface area contributed by atoms with Crippen molar-refractivity contribution in [3.8, 4) is 0 Å². The number of fused-ring (bicyclic) bond motifs is 1. The predicted molar refractivity (Wildman–Crippen MR) is 91.3 cm³/mol. The number of hydrogen-bond donors (Lipinski definition) is 1. The van der Waals surface area contributed by atoms with Gasteiger partial charge in [0.05, 0.1) is 16.5 Å². The molecule has 2 aromatic carbocycles. The zero-order valence-electron chi connectivity index (χ0n) is 12.2. The van der Waals surface area contributed by atoms with Crippen molar-refractivity contribution in [3.05, 3.63) is 63.6 Å². The molecule has 0 fully saturated rings. The van der Waals surface area contributed by atoms with Gasteiger partial charge in [0.25, 0.3) is 5.91 Å². The Morgan fingerprint density at radius 1 is 1.13 bits per heavy atom. The lowest BCUT2D eigenvalue weighted by Gasteiger charge is -2.17. The molecule has 4 nitrogen and oxygen atoms in total. The lowest BCUT2D eigenvalue weighted by atomic mass is 10.2. The first-order valence-corrected chi connectivity index (χ1v) is 7.93. The summed E-state index contributed by atoms with van der Waals surface area (Å²) >= 11 is 11.7. The Labute approximate surface area is 144 Å². The maximum Gasteiger partial charge on any atom is 0.251 e. The number of nitrogens with one attached hydrogen (secondary N) is 1. The van der Waals surface area contributed by atoms with Crippen molar-refractivity contribution >= 4 is 40.7 Å². The zero-order valence-corrected chi connectivity index (χ0v) is 13.7. The molecule has 2 amide bonds. The molecule has 0 saturated carbocycles. The second-order valence-electron chi connectivity index (χ2n) is 5.24. The smallest absolute Gasteiger partial charge is 0.251 e. The van der Waals surface area contributed by atoms with Crippen molar-refractivity contribution in [2.24, 2.45) is 0 Å². The van der Waals surface area contributed by atoms with Gasteiger partial charge < -0.3 is 10.2 Å². The first-order valence-electron chi connectivity index (χ1n) is 7.18. The molecule has 1 aliphatic heterocycles. The van der Waals surface area contributed by atoms with E-state index in [1.165, 1.54) is 6.07 Å². The summed E-state index contributed by atoms with van der Waals surface area (Å²) in [4.78, 5) is 25.8. The fourth-order valence-electron chi connectivity index (χ4n) is 2.58. The molecule has 3 rings (SSSR count). The molecule has 0 saturated heterocycles. The molecule has 1 heterocycles. The molecule has 1 aliphatic rings. The SMILES string of the molecule is O=C(NCCN1C(=O)Cc2ccccc21)c1ccc(Cl)c(Cl)c1. The standard InChI is InChI=1S/C17H14Cl2N2O2/c18-13-6-5-12(9-14(13)19)17(23)20-7-8-21-15-4-2-1-3-11(15)10-16(21)22/h1-6,9H,7-8,10H2,(H,20,23). The van der Waals surface area contributed by atoms with E-state index >= 15 is 0 Å². The summed E-state index contributed by atoms with van der Waals surface area (Å²) in [7, 11) is 0. The van der Waals surface area contributed by atoms with E-state index in [0.717, 1.165) is 11.3 Å². The summed E-state index contributed by atoms with van der Waals surface area (Å²) in [5.74, 6) is -0.196. The predicted octanol–water partition coefficient (Wildman–Crippen LogP) is 3.31. The van der Waals surface area contributed by atoms with Gasteiger partial charge in [-0.25, -0.2) is 0 Å². The summed E-state index contributed by atoms with van der Waals surface area (Å²) in [5, 5.41) is 3.53. The fraction of sp³-hybridized carbons (Fsp3) is 0.176. The first kappa shape index (κ1) is 15.8. The van der Waals surface area contributed by atoms with Gasteiger partial charge in [0.1, 0.15) is 0 Å². The summed E-state index contributed by atoms with van der Waals surface area (Å²) in [6, 6.07) is 12.4. The van der Waals surface area contributed by atoms with Crippen LogP contribution in [0.1, 0.15) is 15.9 Å². The summed E-state index contributed by atoms with van der Waals surface area (Å²) < 4.78 is 0. The van der Waals surface area contributed by atoms with E-state index in [0.29, 0.717) is 35.1 Å². The zero-order chi connectivity index (χ0) is 16.4. The monoisotopic (exact) mass is 348 g/mol. The van der Waals surface area contributed by atoms with Crippen LogP contribution >= 0.6 is 23.2 Å². The van der Waals surface area contributed by atoms with Crippen molar-refractivity contribution in [3.63, 3.8) is 0 Å². The van der Waals surface area contributed by atoms with Crippen molar-refractivity contribution in [1.82, 2.24) is 5.32 Å². The molecule has 0 unspecified atom stereocenters. The number of hydrogen-bond acceptors (Lipinski definition) is 2. The average Bonchev–Trinajstić information content (AvgIpc) is 2.86. The van der Waals surface area contributed by atoms with Crippen LogP contribution in [0.3, 0.4) is 0 Å². The topological polar surface area (TPSA) is 49.4 Å². The Balaban J connectivity index is 1.60. The number of halogens is 2. The van der Waals surface area contributed by atoms with Crippen LogP contribution in [-0.2, 0) is 11.2 Å². The molecule has 2 aromatic rings. The highest BCUT2D eigenvalue weighted by Gasteiger charge is 2.26. The number of para-hydroxylation sites is 1. The molecular formula is C17H14Cl2N2O2. The lowest BCUT2D eigenvalue weighted by molar-refractivity contribution is -0.117. The Hall–Kier alpha value is -2.04. The van der Waals surface area contributed by atoms with Gasteiger partial charge in [-0.2, -0.15) is 0 Å². The Morgan fingerprint density at radius 2 is 1.91 bits per heavy atom. The number of benzene rings is 2. The van der Waals surface area contributed by atoms with Gasteiger partial charge in [0.15, 0.2) is 0 Å². The normalized spacial score (nSPS) is 13.1. The van der Waals surface area contributed by atoms with Gasteiger partial charge in [-0.15, -0.1) is 0 Å². The number of amides is 2. The summed E-state index contributed by atoms with van der Waals surface area (Å²) in [6.07, 6.45) is 0.414. The number of nitrogens with zero attached hydrogens (tertiary/aromatic N) is 1. The molecule has 0 spiro atoms. The van der Waals surface area contributed by atoms with Gasteiger partial charge in [-0.3, -0.25) is 9.59 Å². The lowest BCUT2D eigenvalue weighted by Crippen LogP contribution is -2.36. The van der Waals surface area contributed by atoms with E-state index in [1.54, 1.807) is 17.0 Å². The quantitative estimate of drug-likeness (QED) is 0.921. The molecule has 0 bridgehead atoms. The second kappa shape index (κ2) is 6.60. The highest BCUT2D eigenvalue weighted by Crippen LogP contribution is 2.27. The third-order valence-electron chi connectivity index (χ3n) is 3.73. The number of carbonyl (C=O) groups excluding carboxylic acids is 2. The minimum Gasteiger partial charge on any atom is -0.350 e. The minimum atomic E-state index is -0.247. The van der Waals surface area contributed by atoms with Crippen molar-refractivity contribution in [2.45, 2.75) is 6.42 Å². The van der Waals surface area contributed by atoms with Gasteiger partial charge >= 0.3 is 0 Å². The third-order valence-corrected chi connectivity index (χ3v) is 4.47. The average molecular weight is 349 g/mol. The highest BCUT2D eigenvalue weighted by atomic mass is 35.5. The van der Waals surface area contributed by atoms with Crippen molar-refractivity contribution in [2.75, 3.05) is 18.0 Å². The molecule has 0 aromatic heterocycles. The van der Waals surface area contributed by atoms with Crippen molar-refractivity contribution < 1.29 is 9.59 Å². The summed E-state index contributed by atoms with van der Waals surface area (Å²) in [6.45, 7) is 0.794. The summed E-state index contributed by atoms with van der Waals surface area (Å²) in [5.41, 5.74) is 2.38. The molecule has 6 heteroatoms. The molecule has 23 heavy (non-hydrogen) atoms. The highest BCUT2D eigenvalue weighted by molar-refractivity contribution is 6.42. The Bertz CT molecular complexity index is 777. The van der Waals surface area contributed by atoms with Gasteiger partial charge in [-0.1, -0.05) is 41.4 Å². The van der Waals surface area contributed by atoms with E-state index in [4.69, 9.17) is 23.2 Å². The largest absolute Gasteiger partial charge is 0.350 e. The van der Waals surface area contributed by atoms with Crippen LogP contribution in [0.25, 0.3) is 0 Å². The van der Waals surface area contributed by atoms with E-state index < -0.39 is 0 Å². The van der Waals surface area contributed by atoms with E-state index in [-0.39, 0.29) is 11.8 Å². The molecule has 0 atom stereocenters. The maximum atomic E-state index is 12.1. The molecular weight excluding hydrogens is 335 g/mol. The van der Waals surface area contributed by atoms with E-state index in [1.807, 2.05) is 24.3 Å².